The van der Waals surface area contributed by atoms with Crippen LogP contribution >= 0.6 is 11.8 Å². The van der Waals surface area contributed by atoms with Crippen molar-refractivity contribution in [3.05, 3.63) is 65.7 Å². The number of hydrogen-bond acceptors (Lipinski definition) is 6. The lowest BCUT2D eigenvalue weighted by atomic mass is 10.0. The SMILES string of the molecule is CC(C)c1ccccc1NCCSC(=O)NNC(=O)[C@H](Cc1ccccc1)NC(=O)OC(C)(C)C. The fourth-order valence-corrected chi connectivity index (χ4v) is 3.75. The Kier molecular flexibility index (Phi) is 10.9. The fourth-order valence-electron chi connectivity index (χ4n) is 3.24. The zero-order valence-corrected chi connectivity index (χ0v) is 21.8. The Morgan fingerprint density at radius 1 is 0.943 bits per heavy atom. The summed E-state index contributed by atoms with van der Waals surface area (Å²) < 4.78 is 5.28. The first kappa shape index (κ1) is 28.0. The van der Waals surface area contributed by atoms with Crippen molar-refractivity contribution in [2.24, 2.45) is 0 Å². The number of benzene rings is 2. The average molecular weight is 501 g/mol. The third-order valence-electron chi connectivity index (χ3n) is 4.81. The maximum Gasteiger partial charge on any atom is 0.408 e. The molecule has 2 rings (SSSR count). The Balaban J connectivity index is 1.84. The Bertz CT molecular complexity index is 977. The second-order valence-electron chi connectivity index (χ2n) is 9.31. The first-order valence-electron chi connectivity index (χ1n) is 11.6. The minimum absolute atomic E-state index is 0.244. The largest absolute Gasteiger partial charge is 0.444 e. The fraction of sp³-hybridized carbons (Fsp3) is 0.423. The van der Waals surface area contributed by atoms with E-state index in [9.17, 15) is 14.4 Å². The molecule has 1 atom stereocenters. The predicted molar refractivity (Wildman–Crippen MR) is 141 cm³/mol. The number of carbonyl (C=O) groups is 3. The molecule has 4 N–H and O–H groups in total. The van der Waals surface area contributed by atoms with Gasteiger partial charge in [-0.05, 0) is 43.9 Å². The zero-order chi connectivity index (χ0) is 25.8. The maximum absolute atomic E-state index is 12.8. The lowest BCUT2D eigenvalue weighted by Gasteiger charge is -2.23. The van der Waals surface area contributed by atoms with Crippen LogP contribution in [0, 0.1) is 0 Å². The van der Waals surface area contributed by atoms with E-state index in [1.807, 2.05) is 48.5 Å². The number of para-hydroxylation sites is 1. The molecule has 0 aliphatic rings. The molecule has 0 fully saturated rings. The summed E-state index contributed by atoms with van der Waals surface area (Å²) in [6.07, 6.45) is -0.462. The van der Waals surface area contributed by atoms with Crippen molar-refractivity contribution in [1.82, 2.24) is 16.2 Å². The van der Waals surface area contributed by atoms with Crippen molar-refractivity contribution < 1.29 is 19.1 Å². The molecule has 3 amide bonds. The highest BCUT2D eigenvalue weighted by atomic mass is 32.2. The molecule has 0 spiro atoms. The van der Waals surface area contributed by atoms with Gasteiger partial charge in [-0.3, -0.25) is 20.4 Å². The van der Waals surface area contributed by atoms with Gasteiger partial charge >= 0.3 is 6.09 Å². The number of carbonyl (C=O) groups excluding carboxylic acids is 3. The van der Waals surface area contributed by atoms with Gasteiger partial charge in [0, 0.05) is 24.4 Å². The molecular formula is C26H36N4O4S. The number of anilines is 1. The molecule has 0 bridgehead atoms. The van der Waals surface area contributed by atoms with Crippen molar-refractivity contribution in [2.75, 3.05) is 17.6 Å². The molecule has 0 aliphatic carbocycles. The number of nitrogens with one attached hydrogen (secondary N) is 4. The number of hydrogen-bond donors (Lipinski definition) is 4. The van der Waals surface area contributed by atoms with Crippen LogP contribution in [0.1, 0.15) is 51.7 Å². The normalized spacial score (nSPS) is 11.9. The summed E-state index contributed by atoms with van der Waals surface area (Å²) in [5.41, 5.74) is 7.23. The summed E-state index contributed by atoms with van der Waals surface area (Å²) >= 11 is 1.05. The summed E-state index contributed by atoms with van der Waals surface area (Å²) in [7, 11) is 0. The van der Waals surface area contributed by atoms with Gasteiger partial charge in [0.1, 0.15) is 11.6 Å². The maximum atomic E-state index is 12.8. The minimum atomic E-state index is -0.924. The summed E-state index contributed by atoms with van der Waals surface area (Å²) in [5.74, 6) is 0.359. The van der Waals surface area contributed by atoms with E-state index in [2.05, 4.69) is 41.4 Å². The van der Waals surface area contributed by atoms with E-state index in [0.717, 1.165) is 23.0 Å². The van der Waals surface area contributed by atoms with Crippen molar-refractivity contribution in [2.45, 2.75) is 58.6 Å². The highest BCUT2D eigenvalue weighted by Crippen LogP contribution is 2.23. The monoisotopic (exact) mass is 500 g/mol. The van der Waals surface area contributed by atoms with Gasteiger partial charge in [-0.2, -0.15) is 0 Å². The lowest BCUT2D eigenvalue weighted by Crippen LogP contribution is -2.53. The van der Waals surface area contributed by atoms with Crippen LogP contribution in [0.15, 0.2) is 54.6 Å². The summed E-state index contributed by atoms with van der Waals surface area (Å²) in [6.45, 7) is 10.1. The number of rotatable bonds is 9. The van der Waals surface area contributed by atoms with Crippen molar-refractivity contribution in [1.29, 1.82) is 0 Å². The van der Waals surface area contributed by atoms with Crippen LogP contribution in [0.3, 0.4) is 0 Å². The summed E-state index contributed by atoms with van der Waals surface area (Å²) in [5, 5.41) is 5.54. The minimum Gasteiger partial charge on any atom is -0.444 e. The molecule has 8 nitrogen and oxygen atoms in total. The molecule has 0 aromatic heterocycles. The second kappa shape index (κ2) is 13.6. The molecule has 0 saturated carbocycles. The van der Waals surface area contributed by atoms with Crippen LogP contribution in [-0.2, 0) is 16.0 Å². The first-order valence-corrected chi connectivity index (χ1v) is 12.6. The molecule has 2 aromatic carbocycles. The topological polar surface area (TPSA) is 109 Å². The highest BCUT2D eigenvalue weighted by molar-refractivity contribution is 8.13. The molecule has 0 saturated heterocycles. The quantitative estimate of drug-likeness (QED) is 0.290. The number of amides is 3. The van der Waals surface area contributed by atoms with E-state index >= 15 is 0 Å². The highest BCUT2D eigenvalue weighted by Gasteiger charge is 2.25. The zero-order valence-electron chi connectivity index (χ0n) is 21.0. The smallest absolute Gasteiger partial charge is 0.408 e. The molecule has 9 heteroatoms. The van der Waals surface area contributed by atoms with Crippen LogP contribution < -0.4 is 21.5 Å². The van der Waals surface area contributed by atoms with E-state index in [1.54, 1.807) is 20.8 Å². The molecular weight excluding hydrogens is 464 g/mol. The molecule has 0 unspecified atom stereocenters. The van der Waals surface area contributed by atoms with Crippen molar-refractivity contribution in [3.8, 4) is 0 Å². The van der Waals surface area contributed by atoms with Crippen LogP contribution in [-0.4, -0.2) is 41.2 Å². The standard InChI is InChI=1S/C26H36N4O4S/c1-18(2)20-13-9-10-14-21(20)27-15-16-35-25(33)30-29-23(31)22(17-19-11-7-6-8-12-19)28-24(32)34-26(3,4)5/h6-14,18,22,27H,15-17H2,1-5H3,(H,28,32)(H,29,31)(H,30,33)/t22-/m0/s1. The number of hydrazine groups is 1. The Hall–Kier alpha value is -3.20. The molecule has 0 aliphatic heterocycles. The van der Waals surface area contributed by atoms with Crippen molar-refractivity contribution in [3.63, 3.8) is 0 Å². The first-order chi connectivity index (χ1) is 16.5. The summed E-state index contributed by atoms with van der Waals surface area (Å²) in [6, 6.07) is 16.4. The van der Waals surface area contributed by atoms with Crippen molar-refractivity contribution >= 4 is 34.7 Å². The number of alkyl carbamates (subject to hydrolysis) is 1. The predicted octanol–water partition coefficient (Wildman–Crippen LogP) is 4.83. The van der Waals surface area contributed by atoms with Gasteiger partial charge in [-0.15, -0.1) is 0 Å². The van der Waals surface area contributed by atoms with E-state index in [0.29, 0.717) is 18.2 Å². The van der Waals surface area contributed by atoms with Gasteiger partial charge in [0.25, 0.3) is 11.1 Å². The third kappa shape index (κ3) is 10.7. The molecule has 190 valence electrons. The van der Waals surface area contributed by atoms with Gasteiger partial charge < -0.3 is 15.4 Å². The van der Waals surface area contributed by atoms with E-state index in [-0.39, 0.29) is 6.42 Å². The molecule has 0 heterocycles. The summed E-state index contributed by atoms with van der Waals surface area (Å²) in [4.78, 5) is 37.2. The van der Waals surface area contributed by atoms with Crippen LogP contribution in [0.4, 0.5) is 15.3 Å². The molecule has 2 aromatic rings. The van der Waals surface area contributed by atoms with E-state index in [4.69, 9.17) is 4.74 Å². The van der Waals surface area contributed by atoms with Crippen LogP contribution in [0.25, 0.3) is 0 Å². The van der Waals surface area contributed by atoms with Crippen LogP contribution in [0.5, 0.6) is 0 Å². The third-order valence-corrected chi connectivity index (χ3v) is 5.58. The second-order valence-corrected chi connectivity index (χ2v) is 10.4. The van der Waals surface area contributed by atoms with Gasteiger partial charge in [0.15, 0.2) is 0 Å². The van der Waals surface area contributed by atoms with Gasteiger partial charge in [0.05, 0.1) is 0 Å². The lowest BCUT2D eigenvalue weighted by molar-refractivity contribution is -0.123. The molecule has 35 heavy (non-hydrogen) atoms. The Morgan fingerprint density at radius 3 is 2.26 bits per heavy atom. The number of ether oxygens (including phenoxy) is 1. The van der Waals surface area contributed by atoms with E-state index < -0.39 is 28.9 Å². The van der Waals surface area contributed by atoms with Crippen LogP contribution in [0.2, 0.25) is 0 Å². The number of thioether (sulfide) groups is 1. The molecule has 0 radical (unpaired) electrons. The average Bonchev–Trinajstić information content (AvgIpc) is 2.79. The Labute approximate surface area is 211 Å². The van der Waals surface area contributed by atoms with E-state index in [1.165, 1.54) is 5.56 Å². The van der Waals surface area contributed by atoms with Gasteiger partial charge in [0.2, 0.25) is 0 Å². The van der Waals surface area contributed by atoms with Gasteiger partial charge in [-0.1, -0.05) is 74.1 Å². The Morgan fingerprint density at radius 2 is 1.60 bits per heavy atom. The van der Waals surface area contributed by atoms with Gasteiger partial charge in [-0.25, -0.2) is 4.79 Å².